The molecule has 1 amide bonds. The van der Waals surface area contributed by atoms with Gasteiger partial charge in [0.05, 0.1) is 24.4 Å². The second-order valence-electron chi connectivity index (χ2n) is 4.87. The van der Waals surface area contributed by atoms with Crippen LogP contribution >= 0.6 is 0 Å². The third-order valence-corrected chi connectivity index (χ3v) is 3.15. The van der Waals surface area contributed by atoms with E-state index in [9.17, 15) is 18.0 Å². The van der Waals surface area contributed by atoms with Crippen LogP contribution in [0.2, 0.25) is 0 Å². The van der Waals surface area contributed by atoms with Gasteiger partial charge >= 0.3 is 6.18 Å². The summed E-state index contributed by atoms with van der Waals surface area (Å²) >= 11 is 0. The molecule has 0 fully saturated rings. The zero-order valence-electron chi connectivity index (χ0n) is 12.6. The van der Waals surface area contributed by atoms with Crippen molar-refractivity contribution in [3.05, 3.63) is 36.0 Å². The third-order valence-electron chi connectivity index (χ3n) is 3.15. The topological polar surface area (TPSA) is 56.1 Å². The number of nitrogens with zero attached hydrogens (tertiary/aromatic N) is 2. The number of aromatic nitrogens is 2. The Morgan fingerprint density at radius 1 is 1.35 bits per heavy atom. The van der Waals surface area contributed by atoms with Crippen LogP contribution in [-0.4, -0.2) is 29.4 Å². The number of hydrogen-bond donors (Lipinski definition) is 1. The Bertz CT molecular complexity index is 696. The lowest BCUT2D eigenvalue weighted by Crippen LogP contribution is -2.13. The van der Waals surface area contributed by atoms with Gasteiger partial charge in [0.15, 0.2) is 0 Å². The van der Waals surface area contributed by atoms with Crippen molar-refractivity contribution in [3.8, 4) is 11.3 Å². The molecular weight excluding hydrogens is 311 g/mol. The van der Waals surface area contributed by atoms with Gasteiger partial charge in [0.25, 0.3) is 0 Å². The van der Waals surface area contributed by atoms with E-state index in [1.54, 1.807) is 0 Å². The number of nitrogens with one attached hydrogen (secondary N) is 1. The first-order valence-electron chi connectivity index (χ1n) is 6.83. The van der Waals surface area contributed by atoms with Gasteiger partial charge in [0.1, 0.15) is 0 Å². The Morgan fingerprint density at radius 2 is 2.09 bits per heavy atom. The molecule has 23 heavy (non-hydrogen) atoms. The summed E-state index contributed by atoms with van der Waals surface area (Å²) in [5.41, 5.74) is -0.400. The number of carbonyl (C=O) groups is 1. The molecule has 0 saturated carbocycles. The first kappa shape index (κ1) is 17.0. The van der Waals surface area contributed by atoms with Crippen molar-refractivity contribution in [3.63, 3.8) is 0 Å². The standard InChI is InChI=1S/C15H16F3N3O2/c1-10(22)20-11-3-4-12(13(9-11)15(16,17)18)14-5-6-19-21(14)7-8-23-2/h3-6,9H,7-8H2,1-2H3,(H,20,22). The highest BCUT2D eigenvalue weighted by atomic mass is 19.4. The van der Waals surface area contributed by atoms with Crippen molar-refractivity contribution in [2.45, 2.75) is 19.6 Å². The fraction of sp³-hybridized carbons (Fsp3) is 0.333. The molecule has 0 spiro atoms. The molecule has 1 aromatic heterocycles. The van der Waals surface area contributed by atoms with Gasteiger partial charge in [-0.25, -0.2) is 0 Å². The highest BCUT2D eigenvalue weighted by Gasteiger charge is 2.34. The van der Waals surface area contributed by atoms with Crippen molar-refractivity contribution in [1.29, 1.82) is 0 Å². The Morgan fingerprint density at radius 3 is 2.70 bits per heavy atom. The molecule has 0 aliphatic heterocycles. The Labute approximate surface area is 131 Å². The molecule has 0 aliphatic rings. The number of methoxy groups -OCH3 is 1. The lowest BCUT2D eigenvalue weighted by atomic mass is 10.0. The normalized spacial score (nSPS) is 11.5. The van der Waals surface area contributed by atoms with Crippen LogP contribution in [0.4, 0.5) is 18.9 Å². The number of benzene rings is 1. The minimum Gasteiger partial charge on any atom is -0.383 e. The van der Waals surface area contributed by atoms with E-state index < -0.39 is 17.6 Å². The van der Waals surface area contributed by atoms with Crippen LogP contribution in [0.5, 0.6) is 0 Å². The minimum absolute atomic E-state index is 0.000190. The molecule has 0 unspecified atom stereocenters. The molecule has 5 nitrogen and oxygen atoms in total. The summed E-state index contributed by atoms with van der Waals surface area (Å²) in [6.07, 6.45) is -3.12. The van der Waals surface area contributed by atoms with Crippen molar-refractivity contribution < 1.29 is 22.7 Å². The van der Waals surface area contributed by atoms with Crippen LogP contribution in [0, 0.1) is 0 Å². The van der Waals surface area contributed by atoms with E-state index in [0.29, 0.717) is 18.8 Å². The second-order valence-corrected chi connectivity index (χ2v) is 4.87. The monoisotopic (exact) mass is 327 g/mol. The first-order chi connectivity index (χ1) is 10.8. The number of halogens is 3. The molecule has 8 heteroatoms. The fourth-order valence-corrected chi connectivity index (χ4v) is 2.20. The molecule has 1 N–H and O–H groups in total. The largest absolute Gasteiger partial charge is 0.417 e. The van der Waals surface area contributed by atoms with Crippen molar-refractivity contribution in [2.75, 3.05) is 19.0 Å². The predicted octanol–water partition coefficient (Wildman–Crippen LogP) is 3.17. The van der Waals surface area contributed by atoms with Crippen LogP contribution in [-0.2, 0) is 22.3 Å². The summed E-state index contributed by atoms with van der Waals surface area (Å²) in [5.74, 6) is -0.434. The van der Waals surface area contributed by atoms with Crippen LogP contribution in [0.15, 0.2) is 30.5 Å². The number of anilines is 1. The Hall–Kier alpha value is -2.35. The van der Waals surface area contributed by atoms with Crippen molar-refractivity contribution in [1.82, 2.24) is 9.78 Å². The highest BCUT2D eigenvalue weighted by molar-refractivity contribution is 5.89. The predicted molar refractivity (Wildman–Crippen MR) is 78.8 cm³/mol. The summed E-state index contributed by atoms with van der Waals surface area (Å²) in [4.78, 5) is 11.0. The van der Waals surface area contributed by atoms with Gasteiger partial charge in [0.2, 0.25) is 5.91 Å². The maximum atomic E-state index is 13.4. The molecule has 1 aromatic carbocycles. The first-order valence-corrected chi connectivity index (χ1v) is 6.83. The molecule has 1 heterocycles. The van der Waals surface area contributed by atoms with Gasteiger partial charge in [0, 0.05) is 31.5 Å². The zero-order chi connectivity index (χ0) is 17.0. The maximum absolute atomic E-state index is 13.4. The van der Waals surface area contributed by atoms with Gasteiger partial charge in [-0.3, -0.25) is 9.48 Å². The molecular formula is C15H16F3N3O2. The number of rotatable bonds is 5. The number of carbonyl (C=O) groups excluding carboxylic acids is 1. The smallest absolute Gasteiger partial charge is 0.383 e. The van der Waals surface area contributed by atoms with Crippen LogP contribution < -0.4 is 5.32 Å². The van der Waals surface area contributed by atoms with Gasteiger partial charge in [-0.2, -0.15) is 18.3 Å². The van der Waals surface area contributed by atoms with Crippen LogP contribution in [0.3, 0.4) is 0 Å². The zero-order valence-corrected chi connectivity index (χ0v) is 12.6. The Balaban J connectivity index is 2.49. The minimum atomic E-state index is -4.56. The number of amides is 1. The summed E-state index contributed by atoms with van der Waals surface area (Å²) in [7, 11) is 1.51. The van der Waals surface area contributed by atoms with Gasteiger partial charge < -0.3 is 10.1 Å². The average Bonchev–Trinajstić information content (AvgIpc) is 2.91. The fourth-order valence-electron chi connectivity index (χ4n) is 2.20. The van der Waals surface area contributed by atoms with Gasteiger partial charge in [-0.15, -0.1) is 0 Å². The van der Waals surface area contributed by atoms with E-state index >= 15 is 0 Å². The average molecular weight is 327 g/mol. The molecule has 124 valence electrons. The number of ether oxygens (including phenoxy) is 1. The number of hydrogen-bond acceptors (Lipinski definition) is 3. The summed E-state index contributed by atoms with van der Waals surface area (Å²) in [5, 5.41) is 6.38. The van der Waals surface area contributed by atoms with E-state index in [4.69, 9.17) is 4.74 Å². The summed E-state index contributed by atoms with van der Waals surface area (Å²) < 4.78 is 46.5. The van der Waals surface area contributed by atoms with E-state index in [0.717, 1.165) is 6.07 Å². The third kappa shape index (κ3) is 4.10. The van der Waals surface area contributed by atoms with Crippen molar-refractivity contribution >= 4 is 11.6 Å². The molecule has 2 aromatic rings. The van der Waals surface area contributed by atoms with E-state index in [1.807, 2.05) is 0 Å². The number of alkyl halides is 3. The quantitative estimate of drug-likeness (QED) is 0.918. The van der Waals surface area contributed by atoms with Gasteiger partial charge in [-0.1, -0.05) is 6.07 Å². The second kappa shape index (κ2) is 6.82. The summed E-state index contributed by atoms with van der Waals surface area (Å²) in [6, 6.07) is 5.19. The van der Waals surface area contributed by atoms with Crippen molar-refractivity contribution in [2.24, 2.45) is 0 Å². The lowest BCUT2D eigenvalue weighted by molar-refractivity contribution is -0.137. The molecule has 2 rings (SSSR count). The molecule has 0 atom stereocenters. The SMILES string of the molecule is COCCn1nccc1-c1ccc(NC(C)=O)cc1C(F)(F)F. The molecule has 0 radical (unpaired) electrons. The highest BCUT2D eigenvalue weighted by Crippen LogP contribution is 2.38. The maximum Gasteiger partial charge on any atom is 0.417 e. The molecule has 0 bridgehead atoms. The summed E-state index contributed by atoms with van der Waals surface area (Å²) in [6.45, 7) is 1.91. The van der Waals surface area contributed by atoms with E-state index in [-0.39, 0.29) is 11.3 Å². The molecule has 0 saturated heterocycles. The molecule has 0 aliphatic carbocycles. The van der Waals surface area contributed by atoms with E-state index in [1.165, 1.54) is 43.1 Å². The lowest BCUT2D eigenvalue weighted by Gasteiger charge is -2.16. The van der Waals surface area contributed by atoms with Crippen LogP contribution in [0.1, 0.15) is 12.5 Å². The van der Waals surface area contributed by atoms with E-state index in [2.05, 4.69) is 10.4 Å². The van der Waals surface area contributed by atoms with Gasteiger partial charge in [-0.05, 0) is 18.2 Å². The Kier molecular flexibility index (Phi) is 5.05. The van der Waals surface area contributed by atoms with Crippen LogP contribution in [0.25, 0.3) is 11.3 Å².